The van der Waals surface area contributed by atoms with Gasteiger partial charge in [0.2, 0.25) is 0 Å². The van der Waals surface area contributed by atoms with Crippen molar-refractivity contribution in [1.29, 1.82) is 0 Å². The molecule has 3 aromatic rings. The van der Waals surface area contributed by atoms with Gasteiger partial charge in [0.1, 0.15) is 5.82 Å². The fraction of sp³-hybridized carbons (Fsp3) is 0.364. The largest absolute Gasteiger partial charge is 0.346 e. The van der Waals surface area contributed by atoms with Crippen LogP contribution >= 0.6 is 11.3 Å². The minimum atomic E-state index is -0.294. The molecule has 1 amide bonds. The van der Waals surface area contributed by atoms with E-state index in [4.69, 9.17) is 0 Å². The van der Waals surface area contributed by atoms with Gasteiger partial charge in [-0.25, -0.2) is 9.37 Å². The Morgan fingerprint density at radius 3 is 2.62 bits per heavy atom. The van der Waals surface area contributed by atoms with E-state index in [0.717, 1.165) is 41.7 Å². The fourth-order valence-electron chi connectivity index (χ4n) is 3.95. The third-order valence-corrected chi connectivity index (χ3v) is 6.43. The highest BCUT2D eigenvalue weighted by Crippen LogP contribution is 2.25. The summed E-state index contributed by atoms with van der Waals surface area (Å²) >= 11 is 1.65. The number of benzene rings is 1. The Kier molecular flexibility index (Phi) is 5.41. The molecule has 0 atom stereocenters. The first-order chi connectivity index (χ1) is 14.0. The maximum atomic E-state index is 14.3. The van der Waals surface area contributed by atoms with E-state index >= 15 is 0 Å². The maximum Gasteiger partial charge on any atom is 0.255 e. The molecule has 2 aromatic heterocycles. The number of para-hydroxylation sites is 1. The summed E-state index contributed by atoms with van der Waals surface area (Å²) in [6.07, 6.45) is 0.899. The zero-order chi connectivity index (χ0) is 20.5. The zero-order valence-corrected chi connectivity index (χ0v) is 17.8. The van der Waals surface area contributed by atoms with Crippen molar-refractivity contribution in [3.8, 4) is 5.69 Å². The summed E-state index contributed by atoms with van der Waals surface area (Å²) in [7, 11) is 0. The van der Waals surface area contributed by atoms with E-state index in [-0.39, 0.29) is 11.7 Å². The number of amides is 1. The molecular weight excluding hydrogens is 387 g/mol. The van der Waals surface area contributed by atoms with Crippen LogP contribution in [0, 0.1) is 26.6 Å². The second-order valence-electron chi connectivity index (χ2n) is 7.48. The first kappa shape index (κ1) is 19.6. The Morgan fingerprint density at radius 1 is 1.10 bits per heavy atom. The van der Waals surface area contributed by atoms with Crippen LogP contribution in [0.5, 0.6) is 0 Å². The lowest BCUT2D eigenvalue weighted by molar-refractivity contribution is 0.0766. The van der Waals surface area contributed by atoms with Crippen molar-refractivity contribution in [3.63, 3.8) is 0 Å². The molecule has 0 saturated carbocycles. The molecule has 7 heteroatoms. The summed E-state index contributed by atoms with van der Waals surface area (Å²) < 4.78 is 16.2. The molecule has 0 N–H and O–H groups in total. The van der Waals surface area contributed by atoms with Crippen molar-refractivity contribution < 1.29 is 9.18 Å². The Morgan fingerprint density at radius 2 is 1.90 bits per heavy atom. The van der Waals surface area contributed by atoms with Gasteiger partial charge in [-0.2, -0.15) is 0 Å². The number of carbonyl (C=O) groups excluding carboxylic acids is 1. The quantitative estimate of drug-likeness (QED) is 0.642. The Bertz CT molecular complexity index is 1040. The first-order valence-corrected chi connectivity index (χ1v) is 10.7. The number of rotatable bonds is 3. The van der Waals surface area contributed by atoms with Gasteiger partial charge in [-0.15, -0.1) is 11.3 Å². The number of halogens is 1. The second kappa shape index (κ2) is 7.99. The van der Waals surface area contributed by atoms with Gasteiger partial charge >= 0.3 is 0 Å². The summed E-state index contributed by atoms with van der Waals surface area (Å²) in [6.45, 7) is 8.82. The summed E-state index contributed by atoms with van der Waals surface area (Å²) in [5, 5.41) is 3.08. The van der Waals surface area contributed by atoms with E-state index in [0.29, 0.717) is 24.3 Å². The molecule has 29 heavy (non-hydrogen) atoms. The molecule has 152 valence electrons. The van der Waals surface area contributed by atoms with E-state index in [1.165, 1.54) is 6.07 Å². The number of carbonyl (C=O) groups is 1. The van der Waals surface area contributed by atoms with Gasteiger partial charge in [0, 0.05) is 42.9 Å². The minimum Gasteiger partial charge on any atom is -0.346 e. The van der Waals surface area contributed by atoms with Crippen molar-refractivity contribution in [1.82, 2.24) is 14.5 Å². The van der Waals surface area contributed by atoms with Crippen LogP contribution in [0.4, 0.5) is 9.52 Å². The Balaban J connectivity index is 1.56. The number of aryl methyl sites for hydroxylation is 2. The molecule has 0 unspecified atom stereocenters. The number of nitrogens with zero attached hydrogens (tertiary/aromatic N) is 4. The van der Waals surface area contributed by atoms with Gasteiger partial charge in [0.25, 0.3) is 5.91 Å². The Hall–Kier alpha value is -2.67. The van der Waals surface area contributed by atoms with Crippen LogP contribution in [0.2, 0.25) is 0 Å². The highest BCUT2D eigenvalue weighted by atomic mass is 32.1. The minimum absolute atomic E-state index is 0.0119. The number of hydrogen-bond donors (Lipinski definition) is 0. The molecule has 1 aliphatic heterocycles. The molecule has 0 radical (unpaired) electrons. The number of anilines is 1. The van der Waals surface area contributed by atoms with E-state index in [1.54, 1.807) is 23.5 Å². The van der Waals surface area contributed by atoms with Gasteiger partial charge in [0.15, 0.2) is 5.13 Å². The molecule has 4 rings (SSSR count). The van der Waals surface area contributed by atoms with Crippen LogP contribution in [-0.2, 0) is 0 Å². The van der Waals surface area contributed by atoms with Crippen LogP contribution in [0.1, 0.15) is 33.9 Å². The van der Waals surface area contributed by atoms with Crippen LogP contribution in [0.3, 0.4) is 0 Å². The molecule has 1 aliphatic rings. The van der Waals surface area contributed by atoms with Crippen molar-refractivity contribution >= 4 is 22.4 Å². The SMILES string of the molecule is Cc1csc(N2CCCN(C(=O)c3cc(C)n(-c4ccccc4F)c3C)CC2)n1. The van der Waals surface area contributed by atoms with Gasteiger partial charge in [0.05, 0.1) is 16.9 Å². The smallest absolute Gasteiger partial charge is 0.255 e. The lowest BCUT2D eigenvalue weighted by Gasteiger charge is -2.22. The molecule has 5 nitrogen and oxygen atoms in total. The average Bonchev–Trinajstić information content (AvgIpc) is 3.15. The number of hydrogen-bond acceptors (Lipinski definition) is 4. The first-order valence-electron chi connectivity index (χ1n) is 9.86. The van der Waals surface area contributed by atoms with E-state index in [9.17, 15) is 9.18 Å². The molecule has 0 bridgehead atoms. The lowest BCUT2D eigenvalue weighted by Crippen LogP contribution is -2.35. The fourth-order valence-corrected chi connectivity index (χ4v) is 4.81. The summed E-state index contributed by atoms with van der Waals surface area (Å²) in [5.41, 5.74) is 3.77. The third-order valence-electron chi connectivity index (χ3n) is 5.42. The molecule has 1 aromatic carbocycles. The highest BCUT2D eigenvalue weighted by Gasteiger charge is 2.25. The van der Waals surface area contributed by atoms with Gasteiger partial charge in [-0.05, 0) is 45.4 Å². The topological polar surface area (TPSA) is 41.4 Å². The van der Waals surface area contributed by atoms with Crippen molar-refractivity contribution in [2.75, 3.05) is 31.1 Å². The standard InChI is InChI=1S/C22H25FN4OS/c1-15-14-29-22(24-15)26-10-6-9-25(11-12-26)21(28)18-13-16(2)27(17(18)3)20-8-5-4-7-19(20)23/h4-5,7-8,13-14H,6,9-12H2,1-3H3. The summed E-state index contributed by atoms with van der Waals surface area (Å²) in [4.78, 5) is 22.0. The van der Waals surface area contributed by atoms with Crippen LogP contribution in [-0.4, -0.2) is 46.5 Å². The number of aromatic nitrogens is 2. The van der Waals surface area contributed by atoms with E-state index in [2.05, 4.69) is 15.3 Å². The van der Waals surface area contributed by atoms with Crippen molar-refractivity contribution in [2.45, 2.75) is 27.2 Å². The predicted molar refractivity (Wildman–Crippen MR) is 115 cm³/mol. The van der Waals surface area contributed by atoms with E-state index in [1.807, 2.05) is 42.4 Å². The van der Waals surface area contributed by atoms with E-state index < -0.39 is 0 Å². The molecule has 3 heterocycles. The molecule has 1 saturated heterocycles. The predicted octanol–water partition coefficient (Wildman–Crippen LogP) is 4.35. The van der Waals surface area contributed by atoms with Gasteiger partial charge in [-0.3, -0.25) is 4.79 Å². The zero-order valence-electron chi connectivity index (χ0n) is 17.0. The van der Waals surface area contributed by atoms with Crippen LogP contribution in [0.15, 0.2) is 35.7 Å². The lowest BCUT2D eigenvalue weighted by atomic mass is 10.2. The molecule has 0 aliphatic carbocycles. The maximum absolute atomic E-state index is 14.3. The summed E-state index contributed by atoms with van der Waals surface area (Å²) in [5.74, 6) is -0.282. The van der Waals surface area contributed by atoms with Crippen LogP contribution in [0.25, 0.3) is 5.69 Å². The molecule has 0 spiro atoms. The number of thiazole rings is 1. The van der Waals surface area contributed by atoms with Gasteiger partial charge in [-0.1, -0.05) is 12.1 Å². The van der Waals surface area contributed by atoms with Crippen molar-refractivity contribution in [2.24, 2.45) is 0 Å². The second-order valence-corrected chi connectivity index (χ2v) is 8.31. The summed E-state index contributed by atoms with van der Waals surface area (Å²) in [6, 6.07) is 8.54. The molecule has 1 fully saturated rings. The van der Waals surface area contributed by atoms with Crippen molar-refractivity contribution in [3.05, 3.63) is 64.2 Å². The molecular formula is C22H25FN4OS. The third kappa shape index (κ3) is 3.79. The highest BCUT2D eigenvalue weighted by molar-refractivity contribution is 7.13. The Labute approximate surface area is 174 Å². The van der Waals surface area contributed by atoms with Crippen LogP contribution < -0.4 is 4.90 Å². The normalized spacial score (nSPS) is 14.9. The monoisotopic (exact) mass is 412 g/mol. The van der Waals surface area contributed by atoms with Gasteiger partial charge < -0.3 is 14.4 Å². The average molecular weight is 413 g/mol.